The summed E-state index contributed by atoms with van der Waals surface area (Å²) >= 11 is -1.94. The minimum Gasteiger partial charge on any atom is -0.382 e. The highest BCUT2D eigenvalue weighted by Crippen LogP contribution is 2.56. The highest BCUT2D eigenvalue weighted by Gasteiger charge is 2.50. The lowest BCUT2D eigenvalue weighted by Gasteiger charge is -2.47. The van der Waals surface area contributed by atoms with Crippen molar-refractivity contribution in [1.29, 1.82) is 0 Å². The van der Waals surface area contributed by atoms with Crippen LogP contribution in [0, 0.1) is 11.3 Å². The Morgan fingerprint density at radius 1 is 1.45 bits per heavy atom. The number of thiol groups is 1. The first-order valence-corrected chi connectivity index (χ1v) is 7.71. The maximum Gasteiger partial charge on any atom is 0.439 e. The summed E-state index contributed by atoms with van der Waals surface area (Å²) in [6, 6.07) is 0. The molecule has 4 nitrogen and oxygen atoms in total. The molecule has 1 aromatic heterocycles. The van der Waals surface area contributed by atoms with Crippen molar-refractivity contribution in [3.63, 3.8) is 0 Å². The third kappa shape index (κ3) is 2.14. The molecule has 3 rings (SSSR count). The van der Waals surface area contributed by atoms with Gasteiger partial charge in [-0.3, -0.25) is 3.97 Å². The van der Waals surface area contributed by atoms with Crippen molar-refractivity contribution in [3.05, 3.63) is 12.5 Å². The number of aliphatic imine (C=N–C) groups is 1. The van der Waals surface area contributed by atoms with Crippen LogP contribution < -0.4 is 0 Å². The van der Waals surface area contributed by atoms with Gasteiger partial charge in [0.05, 0.1) is 6.20 Å². The van der Waals surface area contributed by atoms with E-state index in [1.165, 1.54) is 16.5 Å². The lowest BCUT2D eigenvalue weighted by Crippen LogP contribution is -2.41. The van der Waals surface area contributed by atoms with E-state index in [0.29, 0.717) is 0 Å². The van der Waals surface area contributed by atoms with Crippen molar-refractivity contribution in [2.45, 2.75) is 38.3 Å². The van der Waals surface area contributed by atoms with Gasteiger partial charge in [0.25, 0.3) is 0 Å². The van der Waals surface area contributed by atoms with E-state index in [1.54, 1.807) is 0 Å². The fourth-order valence-corrected chi connectivity index (χ4v) is 5.28. The van der Waals surface area contributed by atoms with E-state index in [9.17, 15) is 18.3 Å². The Hall–Kier alpha value is -1.02. The number of aromatic nitrogens is 2. The maximum absolute atomic E-state index is 13.1. The molecule has 0 bridgehead atoms. The molecular formula is C12H16F3N3OS. The molecule has 0 radical (unpaired) electrons. The number of rotatable bonds is 2. The Morgan fingerprint density at radius 2 is 2.10 bits per heavy atom. The fraction of sp³-hybridized carbons (Fsp3) is 0.667. The van der Waals surface area contributed by atoms with Crippen LogP contribution in [0.15, 0.2) is 17.5 Å². The third-order valence-corrected chi connectivity index (χ3v) is 6.31. The van der Waals surface area contributed by atoms with E-state index in [0.717, 1.165) is 12.8 Å². The topological polar surface area (TPSA) is 50.4 Å². The number of alkyl halides is 3. The molecule has 0 aromatic carbocycles. The van der Waals surface area contributed by atoms with E-state index < -0.39 is 27.7 Å². The summed E-state index contributed by atoms with van der Waals surface area (Å²) in [6.45, 7) is 4.11. The predicted octanol–water partition coefficient (Wildman–Crippen LogP) is 3.01. The van der Waals surface area contributed by atoms with Gasteiger partial charge >= 0.3 is 6.18 Å². The van der Waals surface area contributed by atoms with Gasteiger partial charge in [0.15, 0.2) is 10.9 Å². The van der Waals surface area contributed by atoms with Crippen LogP contribution in [0.4, 0.5) is 19.0 Å². The Labute approximate surface area is 117 Å². The molecule has 0 amide bonds. The zero-order valence-electron chi connectivity index (χ0n) is 11.1. The summed E-state index contributed by atoms with van der Waals surface area (Å²) in [4.78, 5) is 7.44. The lowest BCUT2D eigenvalue weighted by molar-refractivity contribution is -0.0557. The molecule has 1 aliphatic carbocycles. The average Bonchev–Trinajstić information content (AvgIpc) is 2.82. The molecule has 0 spiro atoms. The van der Waals surface area contributed by atoms with Crippen LogP contribution in [0.1, 0.15) is 26.7 Å². The van der Waals surface area contributed by atoms with Gasteiger partial charge in [-0.25, -0.2) is 9.98 Å². The summed E-state index contributed by atoms with van der Waals surface area (Å²) < 4.78 is 40.7. The van der Waals surface area contributed by atoms with E-state index >= 15 is 0 Å². The largest absolute Gasteiger partial charge is 0.439 e. The number of imidazole rings is 1. The number of halogens is 3. The molecule has 1 saturated carbocycles. The van der Waals surface area contributed by atoms with Crippen molar-refractivity contribution in [1.82, 2.24) is 8.96 Å². The van der Waals surface area contributed by atoms with Crippen LogP contribution in [-0.4, -0.2) is 30.7 Å². The second-order valence-electron chi connectivity index (χ2n) is 6.12. The third-order valence-electron chi connectivity index (χ3n) is 3.83. The first kappa shape index (κ1) is 13.9. The molecule has 1 fully saturated rings. The zero-order valence-corrected chi connectivity index (χ0v) is 12.0. The summed E-state index contributed by atoms with van der Waals surface area (Å²) in [5, 5.41) is 9.54. The number of hydrogen-bond donors (Lipinski definition) is 2. The van der Waals surface area contributed by atoms with Crippen molar-refractivity contribution in [2.75, 3.05) is 0 Å². The van der Waals surface area contributed by atoms with E-state index in [1.807, 2.05) is 0 Å². The van der Waals surface area contributed by atoms with Crippen LogP contribution in [0.25, 0.3) is 0 Å². The summed E-state index contributed by atoms with van der Waals surface area (Å²) in [5.74, 6) is 0.0816. The normalized spacial score (nSPS) is 28.7. The van der Waals surface area contributed by atoms with Gasteiger partial charge in [-0.05, 0) is 24.2 Å². The molecule has 2 unspecified atom stereocenters. The molecule has 2 aliphatic rings. The molecule has 112 valence electrons. The summed E-state index contributed by atoms with van der Waals surface area (Å²) in [6.07, 6.45) is -0.406. The van der Waals surface area contributed by atoms with Gasteiger partial charge in [0.1, 0.15) is 11.8 Å². The molecule has 2 heterocycles. The smallest absolute Gasteiger partial charge is 0.382 e. The van der Waals surface area contributed by atoms with E-state index in [-0.39, 0.29) is 17.2 Å². The Kier molecular flexibility index (Phi) is 2.95. The molecule has 1 aromatic rings. The number of nitrogens with zero attached hydrogens (tertiary/aromatic N) is 3. The first-order chi connectivity index (χ1) is 9.19. The molecule has 20 heavy (non-hydrogen) atoms. The number of fused-ring (bicyclic) bond motifs is 1. The van der Waals surface area contributed by atoms with Gasteiger partial charge in [0, 0.05) is 0 Å². The molecule has 8 heteroatoms. The maximum atomic E-state index is 13.1. The summed E-state index contributed by atoms with van der Waals surface area (Å²) in [7, 11) is 0. The predicted molar refractivity (Wildman–Crippen MR) is 72.3 cm³/mol. The highest BCUT2D eigenvalue weighted by atomic mass is 32.2. The minimum atomic E-state index is -4.51. The standard InChI is InChI=1S/C12H16F3N3OS/c1-11(2)3-7(4-11)9(19)20-10(12(13,14)15)17-8-5-16-6-18(8)20/h5-7,9,19-20H,3-4H2,1-2H3. The number of aliphatic hydroxyl groups excluding tert-OH is 1. The van der Waals surface area contributed by atoms with Crippen molar-refractivity contribution < 1.29 is 18.3 Å². The van der Waals surface area contributed by atoms with Gasteiger partial charge < -0.3 is 5.11 Å². The van der Waals surface area contributed by atoms with Crippen LogP contribution in [0.5, 0.6) is 0 Å². The van der Waals surface area contributed by atoms with Crippen molar-refractivity contribution in [2.24, 2.45) is 16.3 Å². The van der Waals surface area contributed by atoms with Crippen molar-refractivity contribution in [3.8, 4) is 0 Å². The highest BCUT2D eigenvalue weighted by molar-refractivity contribution is 8.29. The number of aliphatic hydroxyl groups is 1. The average molecular weight is 307 g/mol. The lowest BCUT2D eigenvalue weighted by atomic mass is 9.65. The molecule has 0 saturated heterocycles. The van der Waals surface area contributed by atoms with Crippen LogP contribution in [-0.2, 0) is 0 Å². The van der Waals surface area contributed by atoms with Gasteiger partial charge in [-0.2, -0.15) is 13.2 Å². The quantitative estimate of drug-likeness (QED) is 0.825. The van der Waals surface area contributed by atoms with E-state index in [4.69, 9.17) is 0 Å². The van der Waals surface area contributed by atoms with Gasteiger partial charge in [-0.1, -0.05) is 24.9 Å². The summed E-state index contributed by atoms with van der Waals surface area (Å²) in [5.41, 5.74) is -0.914. The second kappa shape index (κ2) is 4.24. The molecule has 1 aliphatic heterocycles. The van der Waals surface area contributed by atoms with Crippen LogP contribution in [0.2, 0.25) is 0 Å². The van der Waals surface area contributed by atoms with Crippen LogP contribution >= 0.6 is 11.1 Å². The Bertz CT molecular complexity index is 559. The number of hydrogen-bond acceptors (Lipinski definition) is 3. The Morgan fingerprint density at radius 3 is 2.65 bits per heavy atom. The zero-order chi connectivity index (χ0) is 14.7. The Balaban J connectivity index is 1.89. The minimum absolute atomic E-state index is 0.1000. The molecule has 2 atom stereocenters. The molecule has 1 N–H and O–H groups in total. The monoisotopic (exact) mass is 307 g/mol. The SMILES string of the molecule is CC1(C)CC(C(O)[SH]2C(C(F)(F)F)=Nc3cncn32)C1. The van der Waals surface area contributed by atoms with Crippen LogP contribution in [0.3, 0.4) is 0 Å². The van der Waals surface area contributed by atoms with Gasteiger partial charge in [0.2, 0.25) is 0 Å². The van der Waals surface area contributed by atoms with Crippen molar-refractivity contribution >= 4 is 21.9 Å². The molecular weight excluding hydrogens is 291 g/mol. The second-order valence-corrected chi connectivity index (χ2v) is 8.19. The first-order valence-electron chi connectivity index (χ1n) is 6.35. The van der Waals surface area contributed by atoms with E-state index in [2.05, 4.69) is 23.8 Å². The fourth-order valence-electron chi connectivity index (χ4n) is 3.01. The van der Waals surface area contributed by atoms with Gasteiger partial charge in [-0.15, -0.1) is 0 Å².